The van der Waals surface area contributed by atoms with E-state index >= 15 is 0 Å². The van der Waals surface area contributed by atoms with E-state index in [1.807, 2.05) is 62.4 Å². The van der Waals surface area contributed by atoms with E-state index in [2.05, 4.69) is 5.32 Å². The topological polar surface area (TPSA) is 58.6 Å². The Labute approximate surface area is 170 Å². The molecule has 3 aromatic carbocycles. The number of nitrogens with zero attached hydrogens (tertiary/aromatic N) is 1. The molecule has 29 heavy (non-hydrogen) atoms. The van der Waals surface area contributed by atoms with Gasteiger partial charge in [-0.2, -0.15) is 0 Å². The van der Waals surface area contributed by atoms with Gasteiger partial charge in [0.25, 0.3) is 5.91 Å². The van der Waals surface area contributed by atoms with Crippen molar-refractivity contribution in [3.63, 3.8) is 0 Å². The largest absolute Gasteiger partial charge is 0.457 e. The zero-order chi connectivity index (χ0) is 20.8. The van der Waals surface area contributed by atoms with Crippen molar-refractivity contribution in [1.29, 1.82) is 0 Å². The smallest absolute Gasteiger partial charge is 0.254 e. The van der Waals surface area contributed by atoms with Crippen LogP contribution in [-0.2, 0) is 4.79 Å². The van der Waals surface area contributed by atoms with Crippen molar-refractivity contribution < 1.29 is 14.3 Å². The van der Waals surface area contributed by atoms with E-state index < -0.39 is 0 Å². The van der Waals surface area contributed by atoms with Gasteiger partial charge in [-0.15, -0.1) is 0 Å². The highest BCUT2D eigenvalue weighted by Crippen LogP contribution is 2.22. The number of carbonyl (C=O) groups excluding carboxylic acids is 2. The Balaban J connectivity index is 1.60. The molecule has 3 rings (SSSR count). The third-order valence-corrected chi connectivity index (χ3v) is 4.55. The van der Waals surface area contributed by atoms with Gasteiger partial charge < -0.3 is 15.0 Å². The van der Waals surface area contributed by atoms with Gasteiger partial charge in [0.2, 0.25) is 5.91 Å². The maximum absolute atomic E-state index is 12.6. The van der Waals surface area contributed by atoms with Crippen molar-refractivity contribution >= 4 is 17.5 Å². The highest BCUT2D eigenvalue weighted by atomic mass is 16.5. The Kier molecular flexibility index (Phi) is 6.29. The van der Waals surface area contributed by atoms with Crippen LogP contribution in [0.15, 0.2) is 72.8 Å². The van der Waals surface area contributed by atoms with Gasteiger partial charge in [0.1, 0.15) is 11.5 Å². The number of nitrogens with one attached hydrogen (secondary N) is 1. The second-order valence-corrected chi connectivity index (χ2v) is 6.92. The van der Waals surface area contributed by atoms with Crippen molar-refractivity contribution in [2.24, 2.45) is 0 Å². The van der Waals surface area contributed by atoms with Crippen molar-refractivity contribution in [3.05, 3.63) is 89.5 Å². The minimum absolute atomic E-state index is 0.0329. The number of amides is 2. The molecule has 0 atom stereocenters. The van der Waals surface area contributed by atoms with Gasteiger partial charge in [-0.3, -0.25) is 9.59 Å². The number of anilines is 1. The molecule has 0 heterocycles. The first kappa shape index (κ1) is 20.1. The van der Waals surface area contributed by atoms with Crippen molar-refractivity contribution in [3.8, 4) is 11.5 Å². The molecule has 1 N–H and O–H groups in total. The monoisotopic (exact) mass is 388 g/mol. The first-order valence-corrected chi connectivity index (χ1v) is 9.38. The molecular weight excluding hydrogens is 364 g/mol. The summed E-state index contributed by atoms with van der Waals surface area (Å²) in [7, 11) is 1.61. The molecule has 2 amide bonds. The zero-order valence-corrected chi connectivity index (χ0v) is 16.8. The molecule has 3 aromatic rings. The normalized spacial score (nSPS) is 10.3. The van der Waals surface area contributed by atoms with Crippen LogP contribution < -0.4 is 10.1 Å². The average Bonchev–Trinajstić information content (AvgIpc) is 2.71. The van der Waals surface area contributed by atoms with E-state index in [0.29, 0.717) is 11.3 Å². The number of carbonyl (C=O) groups is 2. The highest BCUT2D eigenvalue weighted by molar-refractivity contribution is 5.99. The van der Waals surface area contributed by atoms with Crippen molar-refractivity contribution in [2.45, 2.75) is 13.8 Å². The fraction of sp³-hybridized carbons (Fsp3) is 0.167. The Morgan fingerprint density at radius 1 is 0.828 bits per heavy atom. The Hall–Kier alpha value is -3.60. The minimum Gasteiger partial charge on any atom is -0.457 e. The van der Waals surface area contributed by atoms with E-state index in [0.717, 1.165) is 22.6 Å². The maximum atomic E-state index is 12.6. The quantitative estimate of drug-likeness (QED) is 0.659. The summed E-state index contributed by atoms with van der Waals surface area (Å²) in [5.41, 5.74) is 3.26. The van der Waals surface area contributed by atoms with Crippen LogP contribution in [0.4, 0.5) is 5.69 Å². The van der Waals surface area contributed by atoms with Crippen LogP contribution >= 0.6 is 0 Å². The third kappa shape index (κ3) is 5.23. The summed E-state index contributed by atoms with van der Waals surface area (Å²) in [4.78, 5) is 26.4. The molecular formula is C24H24N2O3. The molecule has 5 heteroatoms. The predicted molar refractivity (Wildman–Crippen MR) is 114 cm³/mol. The summed E-state index contributed by atoms with van der Waals surface area (Å²) < 4.78 is 5.74. The average molecular weight is 388 g/mol. The summed E-state index contributed by atoms with van der Waals surface area (Å²) in [5, 5.41) is 2.90. The maximum Gasteiger partial charge on any atom is 0.254 e. The second kappa shape index (κ2) is 9.06. The van der Waals surface area contributed by atoms with Gasteiger partial charge in [0.05, 0.1) is 6.54 Å². The molecule has 5 nitrogen and oxygen atoms in total. The van der Waals surface area contributed by atoms with E-state index in [1.165, 1.54) is 4.90 Å². The summed E-state index contributed by atoms with van der Waals surface area (Å²) in [6, 6.07) is 22.1. The van der Waals surface area contributed by atoms with Crippen LogP contribution in [-0.4, -0.2) is 30.3 Å². The molecule has 0 aliphatic rings. The van der Waals surface area contributed by atoms with Crippen LogP contribution in [0.5, 0.6) is 11.5 Å². The molecule has 0 bridgehead atoms. The van der Waals surface area contributed by atoms with Gasteiger partial charge in [-0.05, 0) is 61.4 Å². The first-order chi connectivity index (χ1) is 13.9. The molecule has 0 radical (unpaired) electrons. The van der Waals surface area contributed by atoms with Crippen LogP contribution in [0.3, 0.4) is 0 Å². The zero-order valence-electron chi connectivity index (χ0n) is 16.8. The predicted octanol–water partition coefficient (Wildman–Crippen LogP) is 4.81. The number of hydrogen-bond donors (Lipinski definition) is 1. The standard InChI is InChI=1S/C24H24N2O3/c1-17-8-7-9-18(2)23(17)25-22(27)16-26(3)24(28)19-12-14-21(15-13-19)29-20-10-5-4-6-11-20/h4-15H,16H2,1-3H3,(H,25,27). The summed E-state index contributed by atoms with van der Waals surface area (Å²) in [6.07, 6.45) is 0. The number of likely N-dealkylation sites (N-methyl/N-ethyl adjacent to an activating group) is 1. The van der Waals surface area contributed by atoms with E-state index in [9.17, 15) is 9.59 Å². The summed E-state index contributed by atoms with van der Waals surface area (Å²) in [6.45, 7) is 3.85. The number of aryl methyl sites for hydroxylation is 2. The molecule has 0 aromatic heterocycles. The number of ether oxygens (including phenoxy) is 1. The molecule has 0 aliphatic carbocycles. The lowest BCUT2D eigenvalue weighted by Crippen LogP contribution is -2.35. The van der Waals surface area contributed by atoms with Crippen LogP contribution in [0.25, 0.3) is 0 Å². The summed E-state index contributed by atoms with van der Waals surface area (Å²) in [5.74, 6) is 0.908. The number of para-hydroxylation sites is 2. The highest BCUT2D eigenvalue weighted by Gasteiger charge is 2.16. The van der Waals surface area contributed by atoms with Gasteiger partial charge in [-0.25, -0.2) is 0 Å². The fourth-order valence-corrected chi connectivity index (χ4v) is 2.99. The SMILES string of the molecule is Cc1cccc(C)c1NC(=O)CN(C)C(=O)c1ccc(Oc2ccccc2)cc1. The molecule has 148 valence electrons. The number of rotatable bonds is 6. The van der Waals surface area contributed by atoms with E-state index in [-0.39, 0.29) is 18.4 Å². The third-order valence-electron chi connectivity index (χ3n) is 4.55. The Morgan fingerprint density at radius 2 is 1.41 bits per heavy atom. The van der Waals surface area contributed by atoms with Gasteiger partial charge >= 0.3 is 0 Å². The number of benzene rings is 3. The van der Waals surface area contributed by atoms with Crippen LogP contribution in [0.1, 0.15) is 21.5 Å². The van der Waals surface area contributed by atoms with Crippen LogP contribution in [0, 0.1) is 13.8 Å². The van der Waals surface area contributed by atoms with Gasteiger partial charge in [0.15, 0.2) is 0 Å². The number of hydrogen-bond acceptors (Lipinski definition) is 3. The van der Waals surface area contributed by atoms with E-state index in [1.54, 1.807) is 31.3 Å². The van der Waals surface area contributed by atoms with E-state index in [4.69, 9.17) is 4.74 Å². The molecule has 0 saturated heterocycles. The van der Waals surface area contributed by atoms with Crippen molar-refractivity contribution in [2.75, 3.05) is 18.9 Å². The lowest BCUT2D eigenvalue weighted by molar-refractivity contribution is -0.116. The second-order valence-electron chi connectivity index (χ2n) is 6.92. The van der Waals surface area contributed by atoms with Gasteiger partial charge in [-0.1, -0.05) is 36.4 Å². The van der Waals surface area contributed by atoms with Crippen molar-refractivity contribution in [1.82, 2.24) is 4.90 Å². The summed E-state index contributed by atoms with van der Waals surface area (Å²) >= 11 is 0. The molecule has 0 aliphatic heterocycles. The lowest BCUT2D eigenvalue weighted by atomic mass is 10.1. The molecule has 0 spiro atoms. The molecule has 0 fully saturated rings. The minimum atomic E-state index is -0.234. The lowest BCUT2D eigenvalue weighted by Gasteiger charge is -2.18. The first-order valence-electron chi connectivity index (χ1n) is 9.38. The molecule has 0 saturated carbocycles. The Morgan fingerprint density at radius 3 is 2.03 bits per heavy atom. The Bertz CT molecular complexity index is 978. The fourth-order valence-electron chi connectivity index (χ4n) is 2.99. The van der Waals surface area contributed by atoms with Crippen LogP contribution in [0.2, 0.25) is 0 Å². The molecule has 0 unspecified atom stereocenters. The van der Waals surface area contributed by atoms with Gasteiger partial charge in [0, 0.05) is 18.3 Å².